The van der Waals surface area contributed by atoms with Crippen LogP contribution in [0.4, 0.5) is 13.2 Å². The number of aryl methyl sites for hydroxylation is 1. The number of carbonyl (C=O) groups is 1. The Morgan fingerprint density at radius 1 is 1.31 bits per heavy atom. The lowest BCUT2D eigenvalue weighted by Crippen LogP contribution is -2.36. The van der Waals surface area contributed by atoms with E-state index < -0.39 is 18.2 Å². The molecule has 0 spiro atoms. The Kier molecular flexibility index (Phi) is 8.55. The average molecular weight is 525 g/mol. The molecule has 0 radical (unpaired) electrons. The zero-order valence-electron chi connectivity index (χ0n) is 21.0. The van der Waals surface area contributed by atoms with Gasteiger partial charge >= 0.3 is 0 Å². The maximum atomic E-state index is 15.5. The number of fused-ring (bicyclic) bond motifs is 1. The number of hydrogen-bond acceptors (Lipinski definition) is 6. The lowest BCUT2D eigenvalue weighted by Gasteiger charge is -2.35. The van der Waals surface area contributed by atoms with Crippen molar-refractivity contribution in [3.63, 3.8) is 0 Å². The van der Waals surface area contributed by atoms with Crippen molar-refractivity contribution in [3.05, 3.63) is 34.6 Å². The van der Waals surface area contributed by atoms with Crippen molar-refractivity contribution in [3.8, 4) is 5.19 Å². The van der Waals surface area contributed by atoms with Gasteiger partial charge in [-0.15, -0.1) is 0 Å². The van der Waals surface area contributed by atoms with Gasteiger partial charge in [0.25, 0.3) is 11.1 Å². The lowest BCUT2D eigenvalue weighted by molar-refractivity contribution is -0.115. The monoisotopic (exact) mass is 524 g/mol. The number of allylic oxidation sites excluding steroid dienone is 1. The minimum absolute atomic E-state index is 0.0813. The fourth-order valence-electron chi connectivity index (χ4n) is 4.94. The van der Waals surface area contributed by atoms with Crippen LogP contribution in [0.25, 0.3) is 6.08 Å². The Hall–Kier alpha value is -2.20. The van der Waals surface area contributed by atoms with Gasteiger partial charge in [-0.25, -0.2) is 18.2 Å². The third kappa shape index (κ3) is 7.90. The molecule has 6 nitrogen and oxygen atoms in total. The zero-order valence-corrected chi connectivity index (χ0v) is 21.8. The van der Waals surface area contributed by atoms with Crippen LogP contribution in [0.1, 0.15) is 61.6 Å². The minimum atomic E-state index is -2.88. The van der Waals surface area contributed by atoms with Crippen molar-refractivity contribution in [1.29, 1.82) is 0 Å². The maximum absolute atomic E-state index is 15.5. The summed E-state index contributed by atoms with van der Waals surface area (Å²) in [4.78, 5) is 20.1. The van der Waals surface area contributed by atoms with Crippen molar-refractivity contribution in [2.75, 3.05) is 26.2 Å². The van der Waals surface area contributed by atoms with Gasteiger partial charge in [0, 0.05) is 63.1 Å². The van der Waals surface area contributed by atoms with E-state index in [4.69, 9.17) is 4.74 Å². The van der Waals surface area contributed by atoms with E-state index in [-0.39, 0.29) is 11.7 Å². The number of aromatic nitrogens is 3. The van der Waals surface area contributed by atoms with E-state index >= 15 is 4.39 Å². The Balaban J connectivity index is 1.17. The van der Waals surface area contributed by atoms with E-state index in [2.05, 4.69) is 15.0 Å². The molecule has 1 aliphatic heterocycles. The van der Waals surface area contributed by atoms with Gasteiger partial charge in [0.2, 0.25) is 0 Å². The number of rotatable bonds is 10. The van der Waals surface area contributed by atoms with E-state index in [0.29, 0.717) is 43.8 Å². The van der Waals surface area contributed by atoms with Gasteiger partial charge in [0.15, 0.2) is 12.4 Å². The van der Waals surface area contributed by atoms with Crippen molar-refractivity contribution in [1.82, 2.24) is 19.7 Å². The molecule has 2 aliphatic rings. The standard InChI is InChI=1S/C26H35F3N4O2S/c1-25(27,28)18-35-24-31-22-7-12-33(13-8-23(22)36-24)14-11-26(29)9-5-19(6-10-26)15-21(34)4-3-20-16-30-32(2)17-20/h3-4,16-17,19H,5-15,18H2,1-2H3/b4-3+. The molecule has 1 fully saturated rings. The van der Waals surface area contributed by atoms with Gasteiger partial charge in [0.05, 0.1) is 11.9 Å². The molecule has 198 valence electrons. The fraction of sp³-hybridized carbons (Fsp3) is 0.654. The predicted molar refractivity (Wildman–Crippen MR) is 134 cm³/mol. The number of halogens is 3. The van der Waals surface area contributed by atoms with Crippen LogP contribution in [0.15, 0.2) is 18.5 Å². The molecule has 0 saturated heterocycles. The van der Waals surface area contributed by atoms with Gasteiger partial charge in [-0.3, -0.25) is 9.48 Å². The molecule has 2 aromatic rings. The molecule has 0 N–H and O–H groups in total. The van der Waals surface area contributed by atoms with E-state index in [0.717, 1.165) is 55.4 Å². The fourth-order valence-corrected chi connectivity index (χ4v) is 5.88. The number of hydrogen-bond donors (Lipinski definition) is 0. The predicted octanol–water partition coefficient (Wildman–Crippen LogP) is 5.27. The lowest BCUT2D eigenvalue weighted by atomic mass is 9.76. The highest BCUT2D eigenvalue weighted by molar-refractivity contribution is 7.13. The second-order valence-corrected chi connectivity index (χ2v) is 11.4. The van der Waals surface area contributed by atoms with E-state index in [1.165, 1.54) is 11.3 Å². The summed E-state index contributed by atoms with van der Waals surface area (Å²) in [6, 6.07) is 0. The Labute approximate surface area is 214 Å². The normalized spacial score (nSPS) is 23.5. The number of carbonyl (C=O) groups excluding carboxylic acids is 1. The summed E-state index contributed by atoms with van der Waals surface area (Å²) < 4.78 is 48.5. The molecule has 1 saturated carbocycles. The van der Waals surface area contributed by atoms with Gasteiger partial charge < -0.3 is 9.64 Å². The van der Waals surface area contributed by atoms with E-state index in [1.54, 1.807) is 23.0 Å². The first kappa shape index (κ1) is 26.9. The van der Waals surface area contributed by atoms with Crippen LogP contribution in [0.2, 0.25) is 0 Å². The Morgan fingerprint density at radius 3 is 2.75 bits per heavy atom. The first-order valence-electron chi connectivity index (χ1n) is 12.7. The SMILES string of the molecule is Cn1cc(/C=C/C(=O)CC2CCC(F)(CCN3CCc4nc(OCC(C)(F)F)sc4CC3)CC2)cn1. The number of thiazole rings is 1. The van der Waals surface area contributed by atoms with Gasteiger partial charge in [-0.2, -0.15) is 5.10 Å². The molecular formula is C26H35F3N4O2S. The van der Waals surface area contributed by atoms with Gasteiger partial charge in [0.1, 0.15) is 5.67 Å². The Morgan fingerprint density at radius 2 is 2.06 bits per heavy atom. The molecule has 0 atom stereocenters. The van der Waals surface area contributed by atoms with Gasteiger partial charge in [-0.1, -0.05) is 11.3 Å². The molecule has 4 rings (SSSR count). The largest absolute Gasteiger partial charge is 0.464 e. The van der Waals surface area contributed by atoms with Crippen LogP contribution < -0.4 is 4.74 Å². The molecule has 1 aliphatic carbocycles. The highest BCUT2D eigenvalue weighted by atomic mass is 32.1. The summed E-state index contributed by atoms with van der Waals surface area (Å²) >= 11 is 1.34. The third-order valence-electron chi connectivity index (χ3n) is 7.08. The number of nitrogens with zero attached hydrogens (tertiary/aromatic N) is 4. The van der Waals surface area contributed by atoms with Crippen molar-refractivity contribution in [2.24, 2.45) is 13.0 Å². The summed E-state index contributed by atoms with van der Waals surface area (Å²) in [6.07, 6.45) is 11.9. The third-order valence-corrected chi connectivity index (χ3v) is 8.15. The quantitative estimate of drug-likeness (QED) is 0.396. The van der Waals surface area contributed by atoms with Crippen molar-refractivity contribution in [2.45, 2.75) is 69.9 Å². The van der Waals surface area contributed by atoms with Crippen molar-refractivity contribution >= 4 is 23.2 Å². The first-order valence-corrected chi connectivity index (χ1v) is 13.5. The molecule has 36 heavy (non-hydrogen) atoms. The first-order chi connectivity index (χ1) is 17.1. The summed E-state index contributed by atoms with van der Waals surface area (Å²) in [5, 5.41) is 4.39. The van der Waals surface area contributed by atoms with Crippen molar-refractivity contribution < 1.29 is 22.7 Å². The van der Waals surface area contributed by atoms with Crippen LogP contribution >= 0.6 is 11.3 Å². The van der Waals surface area contributed by atoms with E-state index in [1.807, 2.05) is 13.2 Å². The van der Waals surface area contributed by atoms with Crippen LogP contribution in [-0.2, 0) is 24.7 Å². The molecule has 0 bridgehead atoms. The highest BCUT2D eigenvalue weighted by Gasteiger charge is 2.36. The zero-order chi connectivity index (χ0) is 25.8. The maximum Gasteiger partial charge on any atom is 0.278 e. The number of ketones is 1. The molecule has 0 aromatic carbocycles. The minimum Gasteiger partial charge on any atom is -0.464 e. The molecule has 0 amide bonds. The molecular weight excluding hydrogens is 489 g/mol. The molecule has 2 aromatic heterocycles. The average Bonchev–Trinajstić information content (AvgIpc) is 3.37. The van der Waals surface area contributed by atoms with Crippen LogP contribution in [0.5, 0.6) is 5.19 Å². The van der Waals surface area contributed by atoms with Gasteiger partial charge in [-0.05, 0) is 56.6 Å². The van der Waals surface area contributed by atoms with Crippen LogP contribution in [-0.4, -0.2) is 63.3 Å². The summed E-state index contributed by atoms with van der Waals surface area (Å²) in [7, 11) is 1.83. The summed E-state index contributed by atoms with van der Waals surface area (Å²) in [5.41, 5.74) is 0.633. The topological polar surface area (TPSA) is 60.2 Å². The number of ether oxygens (including phenoxy) is 1. The number of alkyl halides is 3. The van der Waals surface area contributed by atoms with Crippen LogP contribution in [0, 0.1) is 5.92 Å². The highest BCUT2D eigenvalue weighted by Crippen LogP contribution is 2.39. The summed E-state index contributed by atoms with van der Waals surface area (Å²) in [6.45, 7) is 2.43. The molecule has 3 heterocycles. The van der Waals surface area contributed by atoms with E-state index in [9.17, 15) is 13.6 Å². The van der Waals surface area contributed by atoms with Crippen LogP contribution in [0.3, 0.4) is 0 Å². The Bertz CT molecular complexity index is 1030. The molecule has 0 unspecified atom stereocenters. The second-order valence-electron chi connectivity index (χ2n) is 10.3. The second kappa shape index (κ2) is 11.5. The summed E-state index contributed by atoms with van der Waals surface area (Å²) in [5.74, 6) is -2.56. The molecule has 10 heteroatoms. The smallest absolute Gasteiger partial charge is 0.278 e.